The predicted molar refractivity (Wildman–Crippen MR) is 68.1 cm³/mol. The Morgan fingerprint density at radius 1 is 1.07 bits per heavy atom. The van der Waals surface area contributed by atoms with Gasteiger partial charge in [-0.05, 0) is 56.5 Å². The van der Waals surface area contributed by atoms with E-state index in [1.54, 1.807) is 0 Å². The van der Waals surface area contributed by atoms with Crippen LogP contribution in [0.1, 0.15) is 59.3 Å². The Morgan fingerprint density at radius 2 is 1.87 bits per heavy atom. The Kier molecular flexibility index (Phi) is 6.31. The lowest BCUT2D eigenvalue weighted by Gasteiger charge is -2.32. The predicted octanol–water partition coefficient (Wildman–Crippen LogP) is 3.84. The van der Waals surface area contributed by atoms with E-state index in [-0.39, 0.29) is 0 Å². The van der Waals surface area contributed by atoms with E-state index in [1.807, 2.05) is 0 Å². The van der Waals surface area contributed by atoms with Crippen molar-refractivity contribution in [3.05, 3.63) is 0 Å². The maximum atomic E-state index is 3.49. The second-order valence-electron chi connectivity index (χ2n) is 5.53. The number of hydrogen-bond donors (Lipinski definition) is 1. The van der Waals surface area contributed by atoms with Gasteiger partial charge in [0.05, 0.1) is 0 Å². The van der Waals surface area contributed by atoms with E-state index in [0.717, 1.165) is 17.8 Å². The van der Waals surface area contributed by atoms with Gasteiger partial charge in [0.25, 0.3) is 0 Å². The Bertz CT molecular complexity index is 155. The molecule has 1 aliphatic rings. The van der Waals surface area contributed by atoms with Gasteiger partial charge in [-0.25, -0.2) is 0 Å². The maximum Gasteiger partial charge on any atom is -0.00488 e. The lowest BCUT2D eigenvalue weighted by atomic mass is 9.74. The topological polar surface area (TPSA) is 12.0 Å². The van der Waals surface area contributed by atoms with Crippen LogP contribution in [0.25, 0.3) is 0 Å². The molecule has 0 aromatic carbocycles. The zero-order valence-corrected chi connectivity index (χ0v) is 10.9. The summed E-state index contributed by atoms with van der Waals surface area (Å²) in [5.74, 6) is 2.96. The van der Waals surface area contributed by atoms with Crippen molar-refractivity contribution >= 4 is 0 Å². The van der Waals surface area contributed by atoms with Crippen molar-refractivity contribution in [1.82, 2.24) is 5.32 Å². The summed E-state index contributed by atoms with van der Waals surface area (Å²) in [5, 5.41) is 3.49. The van der Waals surface area contributed by atoms with Crippen molar-refractivity contribution in [1.29, 1.82) is 0 Å². The van der Waals surface area contributed by atoms with Crippen LogP contribution in [-0.4, -0.2) is 13.1 Å². The molecule has 0 spiro atoms. The van der Waals surface area contributed by atoms with Gasteiger partial charge in [-0.3, -0.25) is 0 Å². The molecule has 1 saturated carbocycles. The van der Waals surface area contributed by atoms with Crippen LogP contribution in [0, 0.1) is 17.8 Å². The SMILES string of the molecule is CCCNCCCC1CCC(C)C(C)C1. The molecule has 3 atom stereocenters. The fourth-order valence-corrected chi connectivity index (χ4v) is 2.74. The summed E-state index contributed by atoms with van der Waals surface area (Å²) in [5.41, 5.74) is 0. The third-order valence-corrected chi connectivity index (χ3v) is 4.10. The average molecular weight is 211 g/mol. The van der Waals surface area contributed by atoms with Crippen molar-refractivity contribution in [3.63, 3.8) is 0 Å². The quantitative estimate of drug-likeness (QED) is 0.658. The lowest BCUT2D eigenvalue weighted by molar-refractivity contribution is 0.198. The Balaban J connectivity index is 2.02. The first-order valence-corrected chi connectivity index (χ1v) is 6.94. The van der Waals surface area contributed by atoms with Crippen LogP contribution in [0.2, 0.25) is 0 Å². The number of nitrogens with one attached hydrogen (secondary N) is 1. The minimum absolute atomic E-state index is 0.965. The van der Waals surface area contributed by atoms with Gasteiger partial charge in [0.15, 0.2) is 0 Å². The largest absolute Gasteiger partial charge is 0.317 e. The number of rotatable bonds is 6. The van der Waals surface area contributed by atoms with E-state index in [0.29, 0.717) is 0 Å². The summed E-state index contributed by atoms with van der Waals surface area (Å²) in [6.07, 6.45) is 8.53. The molecule has 0 bridgehead atoms. The minimum Gasteiger partial charge on any atom is -0.317 e. The molecule has 0 aromatic rings. The summed E-state index contributed by atoms with van der Waals surface area (Å²) in [6.45, 7) is 9.51. The molecule has 1 nitrogen and oxygen atoms in total. The van der Waals surface area contributed by atoms with Crippen molar-refractivity contribution in [2.45, 2.75) is 59.3 Å². The molecule has 3 unspecified atom stereocenters. The van der Waals surface area contributed by atoms with Crippen LogP contribution in [0.3, 0.4) is 0 Å². The highest BCUT2D eigenvalue weighted by Crippen LogP contribution is 2.35. The highest BCUT2D eigenvalue weighted by Gasteiger charge is 2.23. The molecule has 0 amide bonds. The van der Waals surface area contributed by atoms with Gasteiger partial charge >= 0.3 is 0 Å². The molecule has 0 radical (unpaired) electrons. The zero-order valence-electron chi connectivity index (χ0n) is 10.9. The molecule has 0 aliphatic heterocycles. The molecule has 1 rings (SSSR count). The third-order valence-electron chi connectivity index (χ3n) is 4.10. The van der Waals surface area contributed by atoms with E-state index in [1.165, 1.54) is 51.6 Å². The van der Waals surface area contributed by atoms with E-state index in [4.69, 9.17) is 0 Å². The molecule has 90 valence electrons. The lowest BCUT2D eigenvalue weighted by Crippen LogP contribution is -2.22. The summed E-state index contributed by atoms with van der Waals surface area (Å²) in [7, 11) is 0. The van der Waals surface area contributed by atoms with Gasteiger partial charge in [0.2, 0.25) is 0 Å². The summed E-state index contributed by atoms with van der Waals surface area (Å²) < 4.78 is 0. The van der Waals surface area contributed by atoms with Crippen molar-refractivity contribution in [3.8, 4) is 0 Å². The van der Waals surface area contributed by atoms with Crippen LogP contribution in [0.4, 0.5) is 0 Å². The first-order chi connectivity index (χ1) is 7.24. The van der Waals surface area contributed by atoms with Crippen LogP contribution >= 0.6 is 0 Å². The minimum atomic E-state index is 0.965. The molecule has 1 N–H and O–H groups in total. The normalized spacial score (nSPS) is 31.8. The van der Waals surface area contributed by atoms with Gasteiger partial charge in [0.1, 0.15) is 0 Å². The molecule has 1 heteroatoms. The molecule has 0 saturated heterocycles. The molecular weight excluding hydrogens is 182 g/mol. The van der Waals surface area contributed by atoms with E-state index < -0.39 is 0 Å². The second kappa shape index (κ2) is 7.27. The number of hydrogen-bond acceptors (Lipinski definition) is 1. The monoisotopic (exact) mass is 211 g/mol. The first-order valence-electron chi connectivity index (χ1n) is 6.94. The Morgan fingerprint density at radius 3 is 2.53 bits per heavy atom. The zero-order chi connectivity index (χ0) is 11.1. The molecule has 1 fully saturated rings. The van der Waals surface area contributed by atoms with Gasteiger partial charge < -0.3 is 5.32 Å². The summed E-state index contributed by atoms with van der Waals surface area (Å²) in [4.78, 5) is 0. The van der Waals surface area contributed by atoms with Crippen LogP contribution < -0.4 is 5.32 Å². The third kappa shape index (κ3) is 5.01. The first kappa shape index (κ1) is 13.0. The van der Waals surface area contributed by atoms with Crippen LogP contribution in [0.5, 0.6) is 0 Å². The molecule has 0 aromatic heterocycles. The van der Waals surface area contributed by atoms with Crippen molar-refractivity contribution < 1.29 is 0 Å². The van der Waals surface area contributed by atoms with Gasteiger partial charge in [-0.1, -0.05) is 33.6 Å². The van der Waals surface area contributed by atoms with Gasteiger partial charge in [-0.15, -0.1) is 0 Å². The van der Waals surface area contributed by atoms with Crippen LogP contribution in [-0.2, 0) is 0 Å². The second-order valence-corrected chi connectivity index (χ2v) is 5.53. The van der Waals surface area contributed by atoms with Crippen LogP contribution in [0.15, 0.2) is 0 Å². The van der Waals surface area contributed by atoms with E-state index in [9.17, 15) is 0 Å². The molecule has 1 aliphatic carbocycles. The highest BCUT2D eigenvalue weighted by molar-refractivity contribution is 4.75. The Hall–Kier alpha value is -0.0400. The molecule has 0 heterocycles. The van der Waals surface area contributed by atoms with E-state index in [2.05, 4.69) is 26.1 Å². The van der Waals surface area contributed by atoms with E-state index >= 15 is 0 Å². The molecular formula is C14H29N. The molecule has 15 heavy (non-hydrogen) atoms. The van der Waals surface area contributed by atoms with Gasteiger partial charge in [-0.2, -0.15) is 0 Å². The summed E-state index contributed by atoms with van der Waals surface area (Å²) in [6, 6.07) is 0. The van der Waals surface area contributed by atoms with Crippen molar-refractivity contribution in [2.24, 2.45) is 17.8 Å². The van der Waals surface area contributed by atoms with Crippen molar-refractivity contribution in [2.75, 3.05) is 13.1 Å². The maximum absolute atomic E-state index is 3.49. The highest BCUT2D eigenvalue weighted by atomic mass is 14.8. The fourth-order valence-electron chi connectivity index (χ4n) is 2.74. The van der Waals surface area contributed by atoms with Gasteiger partial charge in [0, 0.05) is 0 Å². The smallest absolute Gasteiger partial charge is 0.00488 e. The standard InChI is InChI=1S/C14H29N/c1-4-9-15-10-5-6-14-8-7-12(2)13(3)11-14/h12-15H,4-11H2,1-3H3. The summed E-state index contributed by atoms with van der Waals surface area (Å²) >= 11 is 0. The Labute approximate surface area is 96.0 Å². The average Bonchev–Trinajstić information content (AvgIpc) is 2.23. The fraction of sp³-hybridized carbons (Fsp3) is 1.00.